The van der Waals surface area contributed by atoms with Crippen LogP contribution in [0.25, 0.3) is 0 Å². The molecule has 100 valence electrons. The van der Waals surface area contributed by atoms with Crippen molar-refractivity contribution in [3.63, 3.8) is 0 Å². The minimum atomic E-state index is 0.140. The molecule has 0 radical (unpaired) electrons. The molecule has 1 aliphatic heterocycles. The van der Waals surface area contributed by atoms with Crippen molar-refractivity contribution in [3.8, 4) is 0 Å². The van der Waals surface area contributed by atoms with E-state index in [1.807, 2.05) is 28.9 Å². The van der Waals surface area contributed by atoms with Gasteiger partial charge in [-0.1, -0.05) is 6.92 Å². The van der Waals surface area contributed by atoms with Gasteiger partial charge in [-0.15, -0.1) is 0 Å². The van der Waals surface area contributed by atoms with Crippen LogP contribution in [-0.2, 0) is 6.54 Å². The number of amides is 2. The summed E-state index contributed by atoms with van der Waals surface area (Å²) in [5, 5.41) is 0. The van der Waals surface area contributed by atoms with Crippen LogP contribution in [0.3, 0.4) is 0 Å². The quantitative estimate of drug-likeness (QED) is 0.827. The number of furan rings is 1. The second-order valence-corrected chi connectivity index (χ2v) is 5.05. The molecular formula is C14H22N2O2. The highest BCUT2D eigenvalue weighted by Crippen LogP contribution is 2.18. The fourth-order valence-electron chi connectivity index (χ4n) is 2.31. The molecule has 0 atom stereocenters. The van der Waals surface area contributed by atoms with E-state index < -0.39 is 0 Å². The first-order valence-corrected chi connectivity index (χ1v) is 6.77. The molecule has 2 heterocycles. The zero-order valence-electron chi connectivity index (χ0n) is 11.3. The Morgan fingerprint density at radius 2 is 2.22 bits per heavy atom. The molecule has 1 saturated heterocycles. The Kier molecular flexibility index (Phi) is 4.28. The molecule has 0 aliphatic carbocycles. The number of hydrogen-bond acceptors (Lipinski definition) is 2. The molecule has 4 nitrogen and oxygen atoms in total. The molecule has 18 heavy (non-hydrogen) atoms. The molecule has 2 amide bonds. The summed E-state index contributed by atoms with van der Waals surface area (Å²) < 4.78 is 5.31. The average molecular weight is 250 g/mol. The first-order valence-electron chi connectivity index (χ1n) is 6.77. The van der Waals surface area contributed by atoms with E-state index in [2.05, 4.69) is 6.92 Å². The van der Waals surface area contributed by atoms with Crippen molar-refractivity contribution in [3.05, 3.63) is 24.2 Å². The van der Waals surface area contributed by atoms with Gasteiger partial charge in [-0.05, 0) is 37.8 Å². The van der Waals surface area contributed by atoms with Crippen LogP contribution in [0.2, 0.25) is 0 Å². The third-order valence-corrected chi connectivity index (χ3v) is 3.63. The molecule has 0 aromatic carbocycles. The number of carbonyl (C=O) groups excluding carboxylic acids is 1. The van der Waals surface area contributed by atoms with Gasteiger partial charge in [-0.25, -0.2) is 4.79 Å². The number of nitrogens with zero attached hydrogens (tertiary/aromatic N) is 2. The Bertz CT molecular complexity index is 367. The fourth-order valence-corrected chi connectivity index (χ4v) is 2.31. The zero-order chi connectivity index (χ0) is 13.0. The Hall–Kier alpha value is -1.45. The first-order chi connectivity index (χ1) is 8.70. The van der Waals surface area contributed by atoms with Crippen molar-refractivity contribution in [2.45, 2.75) is 33.2 Å². The lowest BCUT2D eigenvalue weighted by molar-refractivity contribution is 0.131. The maximum atomic E-state index is 12.4. The molecule has 1 fully saturated rings. The maximum Gasteiger partial charge on any atom is 0.320 e. The van der Waals surface area contributed by atoms with Crippen LogP contribution in [0, 0.1) is 5.92 Å². The third-order valence-electron chi connectivity index (χ3n) is 3.63. The van der Waals surface area contributed by atoms with Crippen LogP contribution in [0.1, 0.15) is 32.4 Å². The summed E-state index contributed by atoms with van der Waals surface area (Å²) in [6.07, 6.45) is 3.88. The molecule has 2 rings (SSSR count). The Balaban J connectivity index is 1.93. The minimum Gasteiger partial charge on any atom is -0.467 e. The largest absolute Gasteiger partial charge is 0.467 e. The Morgan fingerprint density at radius 3 is 2.78 bits per heavy atom. The molecule has 0 unspecified atom stereocenters. The van der Waals surface area contributed by atoms with Crippen molar-refractivity contribution in [1.82, 2.24) is 9.80 Å². The third kappa shape index (κ3) is 3.06. The molecule has 4 heteroatoms. The van der Waals surface area contributed by atoms with E-state index in [1.165, 1.54) is 0 Å². The van der Waals surface area contributed by atoms with Crippen molar-refractivity contribution < 1.29 is 9.21 Å². The summed E-state index contributed by atoms with van der Waals surface area (Å²) in [7, 11) is 0. The first kappa shape index (κ1) is 13.0. The van der Waals surface area contributed by atoms with Gasteiger partial charge in [-0.2, -0.15) is 0 Å². The summed E-state index contributed by atoms with van der Waals surface area (Å²) >= 11 is 0. The van der Waals surface area contributed by atoms with E-state index in [0.717, 1.165) is 37.6 Å². The normalized spacial score (nSPS) is 16.9. The number of likely N-dealkylation sites (tertiary alicyclic amines) is 1. The predicted molar refractivity (Wildman–Crippen MR) is 70.2 cm³/mol. The summed E-state index contributed by atoms with van der Waals surface area (Å²) in [6, 6.07) is 3.91. The molecule has 1 aromatic heterocycles. The van der Waals surface area contributed by atoms with Gasteiger partial charge >= 0.3 is 6.03 Å². The number of carbonyl (C=O) groups is 1. The smallest absolute Gasteiger partial charge is 0.320 e. The Morgan fingerprint density at radius 1 is 1.50 bits per heavy atom. The van der Waals surface area contributed by atoms with Gasteiger partial charge < -0.3 is 14.2 Å². The Labute approximate surface area is 109 Å². The second-order valence-electron chi connectivity index (χ2n) is 5.05. The van der Waals surface area contributed by atoms with Gasteiger partial charge in [-0.3, -0.25) is 0 Å². The van der Waals surface area contributed by atoms with Crippen LogP contribution in [0.4, 0.5) is 4.79 Å². The summed E-state index contributed by atoms with van der Waals surface area (Å²) in [6.45, 7) is 7.30. The lowest BCUT2D eigenvalue weighted by atomic mass is 9.99. The van der Waals surface area contributed by atoms with E-state index in [4.69, 9.17) is 4.42 Å². The zero-order valence-corrected chi connectivity index (χ0v) is 11.3. The second kappa shape index (κ2) is 5.94. The monoisotopic (exact) mass is 250 g/mol. The molecule has 1 aliphatic rings. The lowest BCUT2D eigenvalue weighted by Gasteiger charge is -2.34. The summed E-state index contributed by atoms with van der Waals surface area (Å²) in [5.41, 5.74) is 0. The molecule has 0 N–H and O–H groups in total. The van der Waals surface area contributed by atoms with Gasteiger partial charge in [0.2, 0.25) is 0 Å². The van der Waals surface area contributed by atoms with Gasteiger partial charge in [0.15, 0.2) is 0 Å². The SMILES string of the molecule is CCN(Cc1ccco1)C(=O)N1CCC(C)CC1. The van der Waals surface area contributed by atoms with E-state index >= 15 is 0 Å². The summed E-state index contributed by atoms with van der Waals surface area (Å²) in [4.78, 5) is 16.2. The van der Waals surface area contributed by atoms with Gasteiger partial charge in [0.05, 0.1) is 12.8 Å². The van der Waals surface area contributed by atoms with Crippen LogP contribution in [0.5, 0.6) is 0 Å². The number of urea groups is 1. The lowest BCUT2D eigenvalue weighted by Crippen LogP contribution is -2.46. The van der Waals surface area contributed by atoms with Crippen molar-refractivity contribution >= 4 is 6.03 Å². The van der Waals surface area contributed by atoms with E-state index in [1.54, 1.807) is 6.26 Å². The van der Waals surface area contributed by atoms with Crippen LogP contribution in [0.15, 0.2) is 22.8 Å². The van der Waals surface area contributed by atoms with E-state index in [0.29, 0.717) is 13.1 Å². The highest BCUT2D eigenvalue weighted by molar-refractivity contribution is 5.74. The van der Waals surface area contributed by atoms with E-state index in [9.17, 15) is 4.79 Å². The molecule has 0 saturated carbocycles. The van der Waals surface area contributed by atoms with Crippen molar-refractivity contribution in [2.24, 2.45) is 5.92 Å². The van der Waals surface area contributed by atoms with Crippen molar-refractivity contribution in [2.75, 3.05) is 19.6 Å². The fraction of sp³-hybridized carbons (Fsp3) is 0.643. The van der Waals surface area contributed by atoms with Gasteiger partial charge in [0, 0.05) is 19.6 Å². The minimum absolute atomic E-state index is 0.140. The predicted octanol–water partition coefficient (Wildman–Crippen LogP) is 2.95. The van der Waals surface area contributed by atoms with E-state index in [-0.39, 0.29) is 6.03 Å². The molecular weight excluding hydrogens is 228 g/mol. The van der Waals surface area contributed by atoms with Gasteiger partial charge in [0.25, 0.3) is 0 Å². The molecule has 1 aromatic rings. The molecule has 0 spiro atoms. The number of hydrogen-bond donors (Lipinski definition) is 0. The van der Waals surface area contributed by atoms with Crippen LogP contribution < -0.4 is 0 Å². The van der Waals surface area contributed by atoms with Crippen LogP contribution in [-0.4, -0.2) is 35.5 Å². The number of rotatable bonds is 3. The average Bonchev–Trinajstić information content (AvgIpc) is 2.89. The van der Waals surface area contributed by atoms with Crippen LogP contribution >= 0.6 is 0 Å². The maximum absolute atomic E-state index is 12.4. The standard InChI is InChI=1S/C14H22N2O2/c1-3-15(11-13-5-4-10-18-13)14(17)16-8-6-12(2)7-9-16/h4-5,10,12H,3,6-9,11H2,1-2H3. The molecule has 0 bridgehead atoms. The highest BCUT2D eigenvalue weighted by atomic mass is 16.3. The topological polar surface area (TPSA) is 36.7 Å². The number of piperidine rings is 1. The van der Waals surface area contributed by atoms with Gasteiger partial charge in [0.1, 0.15) is 5.76 Å². The van der Waals surface area contributed by atoms with Crippen molar-refractivity contribution in [1.29, 1.82) is 0 Å². The summed E-state index contributed by atoms with van der Waals surface area (Å²) in [5.74, 6) is 1.59. The highest BCUT2D eigenvalue weighted by Gasteiger charge is 2.24.